The molecule has 0 saturated carbocycles. The fraction of sp³-hybridized carbons (Fsp3) is 0.571. The minimum absolute atomic E-state index is 0.00498. The van der Waals surface area contributed by atoms with Gasteiger partial charge in [0.1, 0.15) is 5.75 Å². The molecular formula is C28H42O5S. The summed E-state index contributed by atoms with van der Waals surface area (Å²) in [4.78, 5) is 0.400. The van der Waals surface area contributed by atoms with Crippen LogP contribution < -0.4 is 4.74 Å². The fourth-order valence-electron chi connectivity index (χ4n) is 4.80. The topological polar surface area (TPSA) is 61.8 Å². The molecule has 0 bridgehead atoms. The van der Waals surface area contributed by atoms with Gasteiger partial charge >= 0.3 is 0 Å². The minimum atomic E-state index is -3.61. The number of ether oxygens (including phenoxy) is 3. The van der Waals surface area contributed by atoms with E-state index in [1.54, 1.807) is 27.4 Å². The van der Waals surface area contributed by atoms with Gasteiger partial charge in [-0.15, -0.1) is 0 Å². The smallest absolute Gasteiger partial charge is 0.179 e. The summed E-state index contributed by atoms with van der Waals surface area (Å²) in [6, 6.07) is 13.4. The van der Waals surface area contributed by atoms with E-state index in [0.717, 1.165) is 61.0 Å². The average molecular weight is 491 g/mol. The quantitative estimate of drug-likeness (QED) is 0.272. The van der Waals surface area contributed by atoms with E-state index in [9.17, 15) is 8.42 Å². The third-order valence-corrected chi connectivity index (χ3v) is 8.59. The predicted molar refractivity (Wildman–Crippen MR) is 138 cm³/mol. The summed E-state index contributed by atoms with van der Waals surface area (Å²) in [5.74, 6) is 0.785. The lowest BCUT2D eigenvalue weighted by Crippen LogP contribution is -2.44. The van der Waals surface area contributed by atoms with Crippen LogP contribution in [0.5, 0.6) is 5.75 Å². The summed E-state index contributed by atoms with van der Waals surface area (Å²) < 4.78 is 44.7. The zero-order valence-corrected chi connectivity index (χ0v) is 22.5. The van der Waals surface area contributed by atoms with Crippen LogP contribution in [0.1, 0.15) is 69.1 Å². The molecular weight excluding hydrogens is 448 g/mol. The lowest BCUT2D eigenvalue weighted by atomic mass is 9.79. The molecule has 0 aliphatic carbocycles. The summed E-state index contributed by atoms with van der Waals surface area (Å²) in [6.07, 6.45) is 5.28. The van der Waals surface area contributed by atoms with Gasteiger partial charge in [-0.2, -0.15) is 0 Å². The number of methoxy groups -OCH3 is 3. The second kappa shape index (κ2) is 13.3. The third kappa shape index (κ3) is 7.30. The van der Waals surface area contributed by atoms with Crippen molar-refractivity contribution in [3.63, 3.8) is 0 Å². The lowest BCUT2D eigenvalue weighted by Gasteiger charge is -2.39. The standard InChI is InChI=1S/C28H42O5S/c1-7-9-17-28(18-10-8-2,27(32-5)33-6)21-34(29,30)26-16-11-22(3)19-24(26)20-23-12-14-25(31-4)15-13-23/h11-16,19,27H,7-10,17-18,20-21H2,1-6H3. The van der Waals surface area contributed by atoms with Gasteiger partial charge in [0.05, 0.1) is 17.8 Å². The summed E-state index contributed by atoms with van der Waals surface area (Å²) in [5.41, 5.74) is 2.29. The van der Waals surface area contributed by atoms with Crippen LogP contribution in [0, 0.1) is 12.3 Å². The normalized spacial score (nSPS) is 12.3. The Balaban J connectivity index is 2.50. The second-order valence-corrected chi connectivity index (χ2v) is 11.2. The highest BCUT2D eigenvalue weighted by atomic mass is 32.2. The van der Waals surface area contributed by atoms with Crippen LogP contribution in [0.2, 0.25) is 0 Å². The molecule has 0 aliphatic rings. The Bertz CT molecular complexity index is 970. The van der Waals surface area contributed by atoms with Crippen molar-refractivity contribution in [2.75, 3.05) is 27.1 Å². The predicted octanol–water partition coefficient (Wildman–Crippen LogP) is 6.35. The van der Waals surface area contributed by atoms with Crippen LogP contribution in [-0.4, -0.2) is 41.8 Å². The van der Waals surface area contributed by atoms with Gasteiger partial charge in [-0.25, -0.2) is 8.42 Å². The average Bonchev–Trinajstić information content (AvgIpc) is 2.82. The molecule has 0 spiro atoms. The van der Waals surface area contributed by atoms with Crippen LogP contribution in [-0.2, 0) is 25.7 Å². The first-order valence-electron chi connectivity index (χ1n) is 12.3. The van der Waals surface area contributed by atoms with E-state index in [-0.39, 0.29) is 5.75 Å². The third-order valence-electron chi connectivity index (χ3n) is 6.57. The van der Waals surface area contributed by atoms with Crippen LogP contribution in [0.15, 0.2) is 47.4 Å². The number of aryl methyl sites for hydroxylation is 1. The molecule has 0 aliphatic heterocycles. The molecule has 2 rings (SSSR count). The number of rotatable bonds is 15. The van der Waals surface area contributed by atoms with Gasteiger partial charge in [0, 0.05) is 19.6 Å². The van der Waals surface area contributed by atoms with Gasteiger partial charge < -0.3 is 14.2 Å². The summed E-state index contributed by atoms with van der Waals surface area (Å²) >= 11 is 0. The van der Waals surface area contributed by atoms with E-state index in [4.69, 9.17) is 14.2 Å². The molecule has 6 heteroatoms. The van der Waals surface area contributed by atoms with Crippen molar-refractivity contribution in [1.29, 1.82) is 0 Å². The molecule has 0 saturated heterocycles. The van der Waals surface area contributed by atoms with Gasteiger partial charge in [0.2, 0.25) is 0 Å². The Labute approximate surface area is 206 Å². The van der Waals surface area contributed by atoms with Crippen molar-refractivity contribution in [1.82, 2.24) is 0 Å². The van der Waals surface area contributed by atoms with E-state index in [0.29, 0.717) is 11.3 Å². The van der Waals surface area contributed by atoms with Crippen LogP contribution in [0.25, 0.3) is 0 Å². The molecule has 0 heterocycles. The lowest BCUT2D eigenvalue weighted by molar-refractivity contribution is -0.177. The van der Waals surface area contributed by atoms with Crippen molar-refractivity contribution in [2.24, 2.45) is 5.41 Å². The maximum atomic E-state index is 14.0. The highest BCUT2D eigenvalue weighted by Crippen LogP contribution is 2.40. The molecule has 2 aromatic rings. The Morgan fingerprint density at radius 3 is 1.97 bits per heavy atom. The Kier molecular flexibility index (Phi) is 11.1. The molecule has 2 aromatic carbocycles. The van der Waals surface area contributed by atoms with Crippen molar-refractivity contribution in [3.05, 3.63) is 59.2 Å². The summed E-state index contributed by atoms with van der Waals surface area (Å²) in [7, 11) is 1.24. The van der Waals surface area contributed by atoms with Crippen LogP contribution >= 0.6 is 0 Å². The Hall–Kier alpha value is -1.89. The van der Waals surface area contributed by atoms with Crippen LogP contribution in [0.3, 0.4) is 0 Å². The van der Waals surface area contributed by atoms with Gasteiger partial charge in [-0.3, -0.25) is 0 Å². The molecule has 34 heavy (non-hydrogen) atoms. The number of benzene rings is 2. The second-order valence-electron chi connectivity index (χ2n) is 9.27. The molecule has 0 atom stereocenters. The van der Waals surface area contributed by atoms with Crippen molar-refractivity contribution in [3.8, 4) is 5.75 Å². The fourth-order valence-corrected chi connectivity index (χ4v) is 6.94. The van der Waals surface area contributed by atoms with Gasteiger partial charge in [-0.1, -0.05) is 69.4 Å². The van der Waals surface area contributed by atoms with E-state index in [1.807, 2.05) is 43.3 Å². The molecule has 190 valence electrons. The highest BCUT2D eigenvalue weighted by molar-refractivity contribution is 7.91. The van der Waals surface area contributed by atoms with Gasteiger partial charge in [-0.05, 0) is 55.5 Å². The Morgan fingerprint density at radius 2 is 1.47 bits per heavy atom. The van der Waals surface area contributed by atoms with Gasteiger partial charge in [0.15, 0.2) is 16.1 Å². The van der Waals surface area contributed by atoms with E-state index < -0.39 is 21.5 Å². The highest BCUT2D eigenvalue weighted by Gasteiger charge is 2.43. The molecule has 0 fully saturated rings. The maximum Gasteiger partial charge on any atom is 0.179 e. The van der Waals surface area contributed by atoms with E-state index in [2.05, 4.69) is 13.8 Å². The first-order valence-corrected chi connectivity index (χ1v) is 13.9. The Morgan fingerprint density at radius 1 is 0.882 bits per heavy atom. The van der Waals surface area contributed by atoms with E-state index in [1.165, 1.54) is 0 Å². The first-order chi connectivity index (χ1) is 16.2. The molecule has 0 unspecified atom stereocenters. The number of sulfone groups is 1. The molecule has 0 N–H and O–H groups in total. The number of unbranched alkanes of at least 4 members (excludes halogenated alkanes) is 2. The summed E-state index contributed by atoms with van der Waals surface area (Å²) in [5, 5.41) is 0. The largest absolute Gasteiger partial charge is 0.497 e. The zero-order valence-electron chi connectivity index (χ0n) is 21.7. The molecule has 0 aromatic heterocycles. The van der Waals surface area contributed by atoms with Gasteiger partial charge in [0.25, 0.3) is 0 Å². The summed E-state index contributed by atoms with van der Waals surface area (Å²) in [6.45, 7) is 6.24. The maximum absolute atomic E-state index is 14.0. The van der Waals surface area contributed by atoms with Crippen LogP contribution in [0.4, 0.5) is 0 Å². The van der Waals surface area contributed by atoms with Crippen molar-refractivity contribution < 1.29 is 22.6 Å². The number of hydrogen-bond acceptors (Lipinski definition) is 5. The molecule has 0 amide bonds. The SMILES string of the molecule is CCCCC(CCCC)(CS(=O)(=O)c1ccc(C)cc1Cc1ccc(OC)cc1)C(OC)OC. The van der Waals surface area contributed by atoms with E-state index >= 15 is 0 Å². The molecule has 0 radical (unpaired) electrons. The van der Waals surface area contributed by atoms with Crippen molar-refractivity contribution in [2.45, 2.75) is 76.9 Å². The zero-order chi connectivity index (χ0) is 25.2. The monoisotopic (exact) mass is 490 g/mol. The number of hydrogen-bond donors (Lipinski definition) is 0. The van der Waals surface area contributed by atoms with Crippen molar-refractivity contribution >= 4 is 9.84 Å². The minimum Gasteiger partial charge on any atom is -0.497 e. The first kappa shape index (κ1) is 28.3. The molecule has 5 nitrogen and oxygen atoms in total.